The van der Waals surface area contributed by atoms with Crippen LogP contribution in [-0.2, 0) is 59.2 Å². The molecule has 0 bridgehead atoms. The molecule has 0 aromatic heterocycles. The first kappa shape index (κ1) is 59.2. The number of amides is 11. The molecule has 13 N–H and O–H groups in total. The Balaban J connectivity index is 2.05. The molecule has 1 aromatic rings. The molecule has 2 aliphatic rings. The van der Waals surface area contributed by atoms with E-state index in [1.807, 2.05) is 20.8 Å². The lowest BCUT2D eigenvalue weighted by molar-refractivity contribution is -0.145. The van der Waals surface area contributed by atoms with E-state index in [0.29, 0.717) is 37.2 Å². The number of nitrogens with one attached hydrogen (secondary N) is 7. The van der Waals surface area contributed by atoms with Gasteiger partial charge >= 0.3 is 0 Å². The predicted molar refractivity (Wildman–Crippen MR) is 265 cm³/mol. The SMILES string of the molecule is CCOc1ccc(C[C@@H]2NC(=O)CCSSC[C@@H](C(=O)N3CCCC[C@H]3C(=O)N[C@@H](CC(C)C)C(=O)NCC(N)=O)NC(=O)[C@H](CC(N)=O)NC(=O)[C@H](CCC(N)=O)NC(=O)[C@H]([C@@H](C)CC)NC2=O)cc1. The normalized spacial score (nSPS) is 23.0. The predicted octanol–water partition coefficient (Wildman–Crippen LogP) is -1.46. The third-order valence-electron chi connectivity index (χ3n) is 11.7. The molecule has 394 valence electrons. The molecule has 11 amide bonds. The molecule has 0 aliphatic carbocycles. The Morgan fingerprint density at radius 1 is 0.789 bits per heavy atom. The quantitative estimate of drug-likeness (QED) is 0.0709. The second-order valence-electron chi connectivity index (χ2n) is 17.9. The zero-order valence-electron chi connectivity index (χ0n) is 41.0. The highest BCUT2D eigenvalue weighted by atomic mass is 33.1. The van der Waals surface area contributed by atoms with E-state index in [0.717, 1.165) is 10.8 Å². The van der Waals surface area contributed by atoms with E-state index in [4.69, 9.17) is 21.9 Å². The molecule has 1 aromatic carbocycles. The number of carbonyl (C=O) groups excluding carboxylic acids is 11. The Kier molecular flexibility index (Phi) is 25.0. The van der Waals surface area contributed by atoms with Crippen molar-refractivity contribution >= 4 is 86.6 Å². The number of hydrogen-bond acceptors (Lipinski definition) is 14. The molecular formula is C46H71N11O12S2. The van der Waals surface area contributed by atoms with E-state index in [2.05, 4.69) is 37.2 Å². The van der Waals surface area contributed by atoms with Crippen LogP contribution in [0.2, 0.25) is 0 Å². The number of benzene rings is 1. The van der Waals surface area contributed by atoms with E-state index >= 15 is 0 Å². The van der Waals surface area contributed by atoms with Gasteiger partial charge in [0.25, 0.3) is 0 Å². The minimum atomic E-state index is -1.72. The lowest BCUT2D eigenvalue weighted by Crippen LogP contribution is -2.62. The first-order valence-corrected chi connectivity index (χ1v) is 26.3. The average molecular weight is 1030 g/mol. The van der Waals surface area contributed by atoms with Crippen molar-refractivity contribution < 1.29 is 57.5 Å². The van der Waals surface area contributed by atoms with Gasteiger partial charge in [0.15, 0.2) is 0 Å². The number of piperidine rings is 1. The standard InChI is InChI=1S/C46H71N11O12S2/c1-6-26(5)39-45(67)52-29(15-16-35(47)58)41(63)53-32(22-36(48)59)42(64)55-33(24-71-70-19-17-38(61)51-31(43(65)56-39)21-27-11-13-28(14-12-27)69-7-2)46(68)57-18-9-8-10-34(57)44(66)54-30(20-25(3)4)40(62)50-23-37(49)60/h11-14,25-26,29-34,39H,6-10,15-24H2,1-5H3,(H2,47,58)(H2,48,59)(H2,49,60)(H,50,62)(H,51,61)(H,52,67)(H,53,63)(H,54,66)(H,55,64)(H,56,65)/t26-,29-,30-,31-,32-,33-,34-,39-/m0/s1. The summed E-state index contributed by atoms with van der Waals surface area (Å²) in [4.78, 5) is 149. The van der Waals surface area contributed by atoms with E-state index in [9.17, 15) is 52.7 Å². The summed E-state index contributed by atoms with van der Waals surface area (Å²) in [6.07, 6.45) is 0.157. The number of ether oxygens (including phenoxy) is 1. The van der Waals surface area contributed by atoms with Crippen molar-refractivity contribution in [2.45, 2.75) is 141 Å². The van der Waals surface area contributed by atoms with Gasteiger partial charge in [0.05, 0.1) is 19.6 Å². The van der Waals surface area contributed by atoms with Gasteiger partial charge in [0.1, 0.15) is 48.0 Å². The van der Waals surface area contributed by atoms with Gasteiger partial charge < -0.3 is 64.1 Å². The monoisotopic (exact) mass is 1030 g/mol. The molecule has 2 saturated heterocycles. The molecule has 0 saturated carbocycles. The third-order valence-corrected chi connectivity index (χ3v) is 14.1. The van der Waals surface area contributed by atoms with E-state index < -0.39 is 133 Å². The molecular weight excluding hydrogens is 963 g/mol. The van der Waals surface area contributed by atoms with Gasteiger partial charge in [-0.3, -0.25) is 52.7 Å². The lowest BCUT2D eigenvalue weighted by atomic mass is 9.96. The summed E-state index contributed by atoms with van der Waals surface area (Å²) < 4.78 is 5.55. The summed E-state index contributed by atoms with van der Waals surface area (Å²) in [6.45, 7) is 9.02. The molecule has 0 unspecified atom stereocenters. The number of rotatable bonds is 19. The van der Waals surface area contributed by atoms with Crippen LogP contribution in [0.25, 0.3) is 0 Å². The Hall–Kier alpha value is -6.11. The third kappa shape index (κ3) is 20.3. The Morgan fingerprint density at radius 3 is 2.07 bits per heavy atom. The maximum absolute atomic E-state index is 14.6. The number of hydrogen-bond donors (Lipinski definition) is 10. The maximum Gasteiger partial charge on any atom is 0.246 e. The van der Waals surface area contributed by atoms with Gasteiger partial charge in [-0.1, -0.05) is 67.8 Å². The van der Waals surface area contributed by atoms with Crippen LogP contribution >= 0.6 is 21.6 Å². The van der Waals surface area contributed by atoms with Crippen LogP contribution in [-0.4, -0.2) is 143 Å². The van der Waals surface area contributed by atoms with Gasteiger partial charge in [-0.05, 0) is 68.6 Å². The highest BCUT2D eigenvalue weighted by Crippen LogP contribution is 2.26. The van der Waals surface area contributed by atoms with Gasteiger partial charge in [0.2, 0.25) is 65.0 Å². The number of nitrogens with zero attached hydrogens (tertiary/aromatic N) is 1. The summed E-state index contributed by atoms with van der Waals surface area (Å²) in [6, 6.07) is -2.39. The topological polar surface area (TPSA) is 363 Å². The van der Waals surface area contributed by atoms with Crippen LogP contribution in [0.15, 0.2) is 24.3 Å². The Bertz CT molecular complexity index is 2060. The maximum atomic E-state index is 14.6. The molecule has 2 aliphatic heterocycles. The Morgan fingerprint density at radius 2 is 1.45 bits per heavy atom. The second kappa shape index (κ2) is 29.9. The molecule has 25 heteroatoms. The summed E-state index contributed by atoms with van der Waals surface area (Å²) in [5.74, 6) is -8.75. The molecule has 71 heavy (non-hydrogen) atoms. The zero-order chi connectivity index (χ0) is 52.8. The molecule has 2 heterocycles. The minimum absolute atomic E-state index is 0.0193. The van der Waals surface area contributed by atoms with Crippen LogP contribution in [0.4, 0.5) is 0 Å². The summed E-state index contributed by atoms with van der Waals surface area (Å²) in [7, 11) is 2.28. The highest BCUT2D eigenvalue weighted by molar-refractivity contribution is 8.76. The van der Waals surface area contributed by atoms with Crippen LogP contribution < -0.4 is 59.2 Å². The summed E-state index contributed by atoms with van der Waals surface area (Å²) >= 11 is 0. The van der Waals surface area contributed by atoms with Crippen molar-refractivity contribution in [2.75, 3.05) is 31.2 Å². The van der Waals surface area contributed by atoms with Crippen LogP contribution in [0, 0.1) is 11.8 Å². The van der Waals surface area contributed by atoms with Crippen molar-refractivity contribution in [1.29, 1.82) is 0 Å². The van der Waals surface area contributed by atoms with E-state index in [1.165, 1.54) is 15.7 Å². The molecule has 2 fully saturated rings. The van der Waals surface area contributed by atoms with Crippen LogP contribution in [0.3, 0.4) is 0 Å². The van der Waals surface area contributed by atoms with Gasteiger partial charge in [-0.2, -0.15) is 0 Å². The van der Waals surface area contributed by atoms with E-state index in [1.54, 1.807) is 38.1 Å². The van der Waals surface area contributed by atoms with Crippen molar-refractivity contribution in [3.63, 3.8) is 0 Å². The lowest BCUT2D eigenvalue weighted by Gasteiger charge is -2.38. The average Bonchev–Trinajstić information content (AvgIpc) is 3.31. The largest absolute Gasteiger partial charge is 0.494 e. The fourth-order valence-electron chi connectivity index (χ4n) is 7.75. The first-order valence-electron chi connectivity index (χ1n) is 23.8. The summed E-state index contributed by atoms with van der Waals surface area (Å²) in [5.41, 5.74) is 16.9. The molecule has 23 nitrogen and oxygen atoms in total. The highest BCUT2D eigenvalue weighted by Gasteiger charge is 2.40. The summed E-state index contributed by atoms with van der Waals surface area (Å²) in [5, 5.41) is 18.3. The molecule has 8 atom stereocenters. The molecule has 0 radical (unpaired) electrons. The number of likely N-dealkylation sites (tertiary alicyclic amines) is 1. The fourth-order valence-corrected chi connectivity index (χ4v) is 9.89. The first-order chi connectivity index (χ1) is 33.6. The van der Waals surface area contributed by atoms with Crippen molar-refractivity contribution in [1.82, 2.24) is 42.1 Å². The van der Waals surface area contributed by atoms with Gasteiger partial charge in [-0.15, -0.1) is 0 Å². The van der Waals surface area contributed by atoms with Crippen LogP contribution in [0.1, 0.15) is 98.0 Å². The van der Waals surface area contributed by atoms with E-state index in [-0.39, 0.29) is 56.1 Å². The Labute approximate surface area is 421 Å². The van der Waals surface area contributed by atoms with Crippen molar-refractivity contribution in [2.24, 2.45) is 29.0 Å². The van der Waals surface area contributed by atoms with Gasteiger partial charge in [-0.25, -0.2) is 0 Å². The second-order valence-corrected chi connectivity index (χ2v) is 20.5. The molecule has 0 spiro atoms. The van der Waals surface area contributed by atoms with Gasteiger partial charge in [0, 0.05) is 37.3 Å². The number of nitrogens with two attached hydrogens (primary N) is 3. The minimum Gasteiger partial charge on any atom is -0.494 e. The van der Waals surface area contributed by atoms with Crippen molar-refractivity contribution in [3.8, 4) is 5.75 Å². The van der Waals surface area contributed by atoms with Crippen LogP contribution in [0.5, 0.6) is 5.75 Å². The van der Waals surface area contributed by atoms with Crippen molar-refractivity contribution in [3.05, 3.63) is 29.8 Å². The number of carbonyl (C=O) groups is 11. The molecule has 3 rings (SSSR count). The fraction of sp³-hybridized carbons (Fsp3) is 0.630. The smallest absolute Gasteiger partial charge is 0.246 e. The zero-order valence-corrected chi connectivity index (χ0v) is 42.6. The number of primary amides is 3.